The van der Waals surface area contributed by atoms with Crippen molar-refractivity contribution in [3.05, 3.63) is 53.6 Å². The van der Waals surface area contributed by atoms with Gasteiger partial charge in [-0.15, -0.1) is 0 Å². The van der Waals surface area contributed by atoms with Crippen molar-refractivity contribution in [2.24, 2.45) is 0 Å². The molecule has 0 saturated carbocycles. The lowest BCUT2D eigenvalue weighted by Crippen LogP contribution is -2.37. The number of nitrogens with one attached hydrogen (secondary N) is 2. The number of nitrogens with zero attached hydrogens (tertiary/aromatic N) is 4. The molecule has 0 bridgehead atoms. The number of ether oxygens (including phenoxy) is 1. The highest BCUT2D eigenvalue weighted by Crippen LogP contribution is 2.28. The number of hydrogen-bond acceptors (Lipinski definition) is 7. The summed E-state index contributed by atoms with van der Waals surface area (Å²) in [6.07, 6.45) is 5.85. The number of amides is 1. The number of hydrogen-bond donors (Lipinski definition) is 2. The second-order valence-corrected chi connectivity index (χ2v) is 8.60. The molecule has 8 heteroatoms. The minimum Gasteiger partial charge on any atom is -0.491 e. The van der Waals surface area contributed by atoms with Crippen LogP contribution in [0.2, 0.25) is 0 Å². The van der Waals surface area contributed by atoms with Gasteiger partial charge >= 0.3 is 0 Å². The zero-order valence-corrected chi connectivity index (χ0v) is 19.0. The van der Waals surface area contributed by atoms with Crippen molar-refractivity contribution < 1.29 is 9.53 Å². The molecule has 3 aromatic rings. The van der Waals surface area contributed by atoms with Crippen LogP contribution in [0, 0.1) is 0 Å². The van der Waals surface area contributed by atoms with Crippen molar-refractivity contribution in [3.8, 4) is 5.75 Å². The number of pyridine rings is 1. The molecule has 0 radical (unpaired) electrons. The van der Waals surface area contributed by atoms with E-state index in [1.807, 2.05) is 42.3 Å². The van der Waals surface area contributed by atoms with Gasteiger partial charge in [0.05, 0.1) is 24.9 Å². The number of carbonyl (C=O) groups excluding carboxylic acids is 1. The Kier molecular flexibility index (Phi) is 6.35. The van der Waals surface area contributed by atoms with E-state index in [0.29, 0.717) is 32.5 Å². The Balaban J connectivity index is 1.19. The van der Waals surface area contributed by atoms with Crippen molar-refractivity contribution in [3.63, 3.8) is 0 Å². The SMILES string of the molecule is CNc1nc([C@H]2CCCN2)nc2c1CCN(C(=O)CCCOc1cccc3cccnc13)C2. The quantitative estimate of drug-likeness (QED) is 0.538. The van der Waals surface area contributed by atoms with E-state index in [0.717, 1.165) is 65.4 Å². The van der Waals surface area contributed by atoms with E-state index in [4.69, 9.17) is 14.7 Å². The molecule has 1 atom stereocenters. The monoisotopic (exact) mass is 446 g/mol. The third-order valence-electron chi connectivity index (χ3n) is 6.43. The van der Waals surface area contributed by atoms with Gasteiger partial charge < -0.3 is 20.3 Å². The number of rotatable bonds is 7. The van der Waals surface area contributed by atoms with Crippen LogP contribution >= 0.6 is 0 Å². The average Bonchev–Trinajstić information content (AvgIpc) is 3.40. The van der Waals surface area contributed by atoms with Gasteiger partial charge in [-0.05, 0) is 44.4 Å². The lowest BCUT2D eigenvalue weighted by Gasteiger charge is -2.30. The summed E-state index contributed by atoms with van der Waals surface area (Å²) < 4.78 is 5.95. The Morgan fingerprint density at radius 3 is 3.03 bits per heavy atom. The molecule has 33 heavy (non-hydrogen) atoms. The first-order valence-electron chi connectivity index (χ1n) is 11.8. The van der Waals surface area contributed by atoms with E-state index >= 15 is 0 Å². The fourth-order valence-electron chi connectivity index (χ4n) is 4.69. The van der Waals surface area contributed by atoms with Gasteiger partial charge in [0.25, 0.3) is 0 Å². The second-order valence-electron chi connectivity index (χ2n) is 8.60. The zero-order valence-electron chi connectivity index (χ0n) is 19.0. The molecule has 1 aromatic carbocycles. The van der Waals surface area contributed by atoms with Crippen LogP contribution in [0.5, 0.6) is 5.75 Å². The van der Waals surface area contributed by atoms with Gasteiger partial charge in [-0.2, -0.15) is 0 Å². The van der Waals surface area contributed by atoms with Gasteiger partial charge in [0.1, 0.15) is 22.9 Å². The van der Waals surface area contributed by atoms with E-state index in [2.05, 4.69) is 15.6 Å². The van der Waals surface area contributed by atoms with E-state index in [9.17, 15) is 4.79 Å². The Bertz CT molecular complexity index is 1140. The number of anilines is 1. The molecule has 172 valence electrons. The Morgan fingerprint density at radius 1 is 1.27 bits per heavy atom. The van der Waals surface area contributed by atoms with Gasteiger partial charge in [-0.1, -0.05) is 18.2 Å². The molecule has 1 saturated heterocycles. The van der Waals surface area contributed by atoms with Gasteiger partial charge in [-0.3, -0.25) is 9.78 Å². The summed E-state index contributed by atoms with van der Waals surface area (Å²) in [6.45, 7) is 2.72. The third-order valence-corrected chi connectivity index (χ3v) is 6.43. The molecule has 1 amide bonds. The highest BCUT2D eigenvalue weighted by Gasteiger charge is 2.27. The van der Waals surface area contributed by atoms with Crippen molar-refractivity contribution >= 4 is 22.6 Å². The van der Waals surface area contributed by atoms with Crippen molar-refractivity contribution in [2.75, 3.05) is 32.1 Å². The maximum Gasteiger partial charge on any atom is 0.223 e. The smallest absolute Gasteiger partial charge is 0.223 e. The summed E-state index contributed by atoms with van der Waals surface area (Å²) in [5, 5.41) is 7.75. The average molecular weight is 447 g/mol. The minimum absolute atomic E-state index is 0.144. The van der Waals surface area contributed by atoms with Gasteiger partial charge in [0, 0.05) is 37.2 Å². The summed E-state index contributed by atoms with van der Waals surface area (Å²) in [6, 6.07) is 10.0. The number of carbonyl (C=O) groups is 1. The highest BCUT2D eigenvalue weighted by molar-refractivity contribution is 5.84. The standard InChI is InChI=1S/C25H30N6O2/c1-26-24-18-11-14-31(16-20(18)29-25(30-24)19-8-4-12-27-19)22(32)10-5-15-33-21-9-2-6-17-7-3-13-28-23(17)21/h2-3,6-7,9,13,19,27H,4-5,8,10-12,14-16H2,1H3,(H,26,29,30)/t19-/m1/s1. The van der Waals surface area contributed by atoms with E-state index < -0.39 is 0 Å². The maximum atomic E-state index is 12.9. The molecule has 4 heterocycles. The fourth-order valence-corrected chi connectivity index (χ4v) is 4.69. The molecule has 2 aromatic heterocycles. The normalized spacial score (nSPS) is 17.7. The number of aromatic nitrogens is 3. The number of fused-ring (bicyclic) bond motifs is 2. The van der Waals surface area contributed by atoms with Crippen LogP contribution in [0.15, 0.2) is 36.5 Å². The summed E-state index contributed by atoms with van der Waals surface area (Å²) >= 11 is 0. The molecule has 5 rings (SSSR count). The lowest BCUT2D eigenvalue weighted by atomic mass is 10.0. The predicted molar refractivity (Wildman–Crippen MR) is 127 cm³/mol. The fraction of sp³-hybridized carbons (Fsp3) is 0.440. The van der Waals surface area contributed by atoms with Crippen molar-refractivity contribution in [2.45, 2.75) is 44.7 Å². The topological polar surface area (TPSA) is 92.3 Å². The van der Waals surface area contributed by atoms with E-state index in [1.54, 1.807) is 6.20 Å². The van der Waals surface area contributed by atoms with Crippen LogP contribution in [0.1, 0.15) is 48.8 Å². The molecule has 0 unspecified atom stereocenters. The van der Waals surface area contributed by atoms with Crippen LogP contribution in [-0.2, 0) is 17.8 Å². The summed E-state index contributed by atoms with van der Waals surface area (Å²) in [5.74, 6) is 2.64. The molecular formula is C25H30N6O2. The molecule has 0 spiro atoms. The molecule has 2 aliphatic rings. The van der Waals surface area contributed by atoms with Crippen LogP contribution in [0.4, 0.5) is 5.82 Å². The Hall–Kier alpha value is -3.26. The number of benzene rings is 1. The summed E-state index contributed by atoms with van der Waals surface area (Å²) in [7, 11) is 1.90. The molecule has 2 aliphatic heterocycles. The van der Waals surface area contributed by atoms with Gasteiger partial charge in [0.15, 0.2) is 0 Å². The van der Waals surface area contributed by atoms with E-state index in [-0.39, 0.29) is 11.9 Å². The molecular weight excluding hydrogens is 416 g/mol. The molecule has 8 nitrogen and oxygen atoms in total. The van der Waals surface area contributed by atoms with Crippen LogP contribution in [0.3, 0.4) is 0 Å². The lowest BCUT2D eigenvalue weighted by molar-refractivity contribution is -0.132. The second kappa shape index (κ2) is 9.70. The minimum atomic E-state index is 0.144. The van der Waals surface area contributed by atoms with Crippen LogP contribution in [0.25, 0.3) is 10.9 Å². The van der Waals surface area contributed by atoms with Crippen LogP contribution in [-0.4, -0.2) is 52.5 Å². The first kappa shape index (κ1) is 21.6. The Morgan fingerprint density at radius 2 is 2.18 bits per heavy atom. The first-order chi connectivity index (χ1) is 16.2. The third kappa shape index (κ3) is 4.61. The molecule has 1 fully saturated rings. The highest BCUT2D eigenvalue weighted by atomic mass is 16.5. The molecule has 2 N–H and O–H groups in total. The summed E-state index contributed by atoms with van der Waals surface area (Å²) in [5.41, 5.74) is 2.96. The van der Waals surface area contributed by atoms with Crippen LogP contribution < -0.4 is 15.4 Å². The number of para-hydroxylation sites is 1. The maximum absolute atomic E-state index is 12.9. The molecule has 0 aliphatic carbocycles. The van der Waals surface area contributed by atoms with Crippen molar-refractivity contribution in [1.29, 1.82) is 0 Å². The summed E-state index contributed by atoms with van der Waals surface area (Å²) in [4.78, 5) is 28.9. The largest absolute Gasteiger partial charge is 0.491 e. The predicted octanol–water partition coefficient (Wildman–Crippen LogP) is 3.23. The Labute approximate surface area is 193 Å². The van der Waals surface area contributed by atoms with Gasteiger partial charge in [-0.25, -0.2) is 9.97 Å². The van der Waals surface area contributed by atoms with E-state index in [1.165, 1.54) is 0 Å². The van der Waals surface area contributed by atoms with Gasteiger partial charge in [0.2, 0.25) is 5.91 Å². The zero-order chi connectivity index (χ0) is 22.6. The first-order valence-corrected chi connectivity index (χ1v) is 11.8. The van der Waals surface area contributed by atoms with Crippen molar-refractivity contribution in [1.82, 2.24) is 25.2 Å².